The van der Waals surface area contributed by atoms with Gasteiger partial charge in [0.05, 0.1) is 17.0 Å². The predicted molar refractivity (Wildman–Crippen MR) is 113 cm³/mol. The summed E-state index contributed by atoms with van der Waals surface area (Å²) in [6.07, 6.45) is 3.22. The molecule has 0 radical (unpaired) electrons. The van der Waals surface area contributed by atoms with Crippen LogP contribution >= 0.6 is 22.7 Å². The van der Waals surface area contributed by atoms with Crippen molar-refractivity contribution >= 4 is 39.5 Å². The van der Waals surface area contributed by atoms with Gasteiger partial charge in [-0.25, -0.2) is 10.5 Å². The molecule has 0 bridgehead atoms. The lowest BCUT2D eigenvalue weighted by molar-refractivity contribution is -0.128. The number of carbonyl (C=O) groups excluding carboxylic acids is 1. The molecule has 4 aromatic rings. The summed E-state index contributed by atoms with van der Waals surface area (Å²) in [7, 11) is 0. The van der Waals surface area contributed by atoms with Gasteiger partial charge >= 0.3 is 0 Å². The summed E-state index contributed by atoms with van der Waals surface area (Å²) in [5.41, 5.74) is 5.08. The van der Waals surface area contributed by atoms with E-state index >= 15 is 0 Å². The van der Waals surface area contributed by atoms with E-state index in [2.05, 4.69) is 39.7 Å². The largest absolute Gasteiger partial charge is 0.361 e. The van der Waals surface area contributed by atoms with E-state index in [-0.39, 0.29) is 6.42 Å². The van der Waals surface area contributed by atoms with Crippen LogP contribution in [-0.4, -0.2) is 27.6 Å². The van der Waals surface area contributed by atoms with Gasteiger partial charge < -0.3 is 10.3 Å². The zero-order valence-electron chi connectivity index (χ0n) is 15.1. The smallest absolute Gasteiger partial charge is 0.248 e. The summed E-state index contributed by atoms with van der Waals surface area (Å²) < 4.78 is 0. The maximum absolute atomic E-state index is 11.3. The van der Waals surface area contributed by atoms with Crippen LogP contribution in [0, 0.1) is 0 Å². The number of fused-ring (bicyclic) bond motifs is 1. The first-order valence-electron chi connectivity index (χ1n) is 8.95. The van der Waals surface area contributed by atoms with Gasteiger partial charge in [0, 0.05) is 33.9 Å². The Bertz CT molecular complexity index is 1080. The summed E-state index contributed by atoms with van der Waals surface area (Å²) in [5.74, 6) is -0.410. The molecule has 4 rings (SSSR count). The van der Waals surface area contributed by atoms with Crippen molar-refractivity contribution in [2.45, 2.75) is 19.4 Å². The van der Waals surface area contributed by atoms with E-state index in [1.165, 1.54) is 27.8 Å². The van der Waals surface area contributed by atoms with Crippen molar-refractivity contribution in [3.8, 4) is 10.6 Å². The topological polar surface area (TPSA) is 90.0 Å². The molecule has 0 saturated carbocycles. The van der Waals surface area contributed by atoms with E-state index in [1.807, 2.05) is 23.6 Å². The van der Waals surface area contributed by atoms with Crippen LogP contribution in [0.5, 0.6) is 0 Å². The third-order valence-electron chi connectivity index (χ3n) is 4.45. The molecular weight excluding hydrogens is 392 g/mol. The summed E-state index contributed by atoms with van der Waals surface area (Å²) in [5, 5.41) is 16.4. The van der Waals surface area contributed by atoms with Gasteiger partial charge in [0.15, 0.2) is 0 Å². The van der Waals surface area contributed by atoms with Gasteiger partial charge in [0.2, 0.25) is 5.91 Å². The van der Waals surface area contributed by atoms with Crippen molar-refractivity contribution in [2.24, 2.45) is 0 Å². The van der Waals surface area contributed by atoms with E-state index in [0.717, 1.165) is 40.0 Å². The highest BCUT2D eigenvalue weighted by Gasteiger charge is 2.10. The fourth-order valence-corrected chi connectivity index (χ4v) is 4.88. The van der Waals surface area contributed by atoms with E-state index < -0.39 is 5.91 Å². The molecule has 0 unspecified atom stereocenters. The van der Waals surface area contributed by atoms with E-state index in [4.69, 9.17) is 5.21 Å². The Morgan fingerprint density at radius 1 is 1.21 bits per heavy atom. The number of H-pyrrole nitrogens is 1. The number of hydrogen-bond acceptors (Lipinski definition) is 6. The minimum absolute atomic E-state index is 0.174. The molecular formula is C20H20N4O2S2. The van der Waals surface area contributed by atoms with Crippen LogP contribution < -0.4 is 10.8 Å². The first kappa shape index (κ1) is 18.8. The average Bonchev–Trinajstić information content (AvgIpc) is 3.45. The molecule has 28 heavy (non-hydrogen) atoms. The van der Waals surface area contributed by atoms with Crippen molar-refractivity contribution in [1.82, 2.24) is 20.8 Å². The van der Waals surface area contributed by atoms with Crippen LogP contribution in [-0.2, 0) is 24.2 Å². The lowest BCUT2D eigenvalue weighted by Gasteiger charge is -2.02. The molecule has 8 heteroatoms. The molecule has 6 nitrogen and oxygen atoms in total. The minimum atomic E-state index is -0.410. The highest BCUT2D eigenvalue weighted by molar-refractivity contribution is 7.16. The number of aromatic nitrogens is 2. The number of hydroxylamine groups is 1. The number of amides is 1. The summed E-state index contributed by atoms with van der Waals surface area (Å²) >= 11 is 3.15. The molecule has 0 saturated heterocycles. The molecule has 1 amide bonds. The fourth-order valence-electron chi connectivity index (χ4n) is 3.07. The second-order valence-corrected chi connectivity index (χ2v) is 8.50. The number of thiazole rings is 1. The van der Waals surface area contributed by atoms with E-state index in [1.54, 1.807) is 16.8 Å². The van der Waals surface area contributed by atoms with Gasteiger partial charge in [-0.1, -0.05) is 18.2 Å². The Morgan fingerprint density at radius 3 is 3.00 bits per heavy atom. The van der Waals surface area contributed by atoms with Crippen LogP contribution in [0.25, 0.3) is 21.5 Å². The quantitative estimate of drug-likeness (QED) is 0.202. The summed E-state index contributed by atoms with van der Waals surface area (Å²) in [4.78, 5) is 21.2. The number of para-hydroxylation sites is 1. The molecule has 3 heterocycles. The molecule has 4 N–H and O–H groups in total. The van der Waals surface area contributed by atoms with Crippen molar-refractivity contribution in [1.29, 1.82) is 0 Å². The van der Waals surface area contributed by atoms with Crippen molar-refractivity contribution in [2.75, 3.05) is 6.54 Å². The molecule has 1 aromatic carbocycles. The zero-order chi connectivity index (χ0) is 19.3. The Balaban J connectivity index is 1.30. The predicted octanol–water partition coefficient (Wildman–Crippen LogP) is 3.73. The van der Waals surface area contributed by atoms with Gasteiger partial charge in [0.1, 0.15) is 5.01 Å². The number of nitrogens with one attached hydrogen (secondary N) is 3. The second-order valence-electron chi connectivity index (χ2n) is 6.39. The van der Waals surface area contributed by atoms with E-state index in [9.17, 15) is 4.79 Å². The molecule has 0 fully saturated rings. The number of rotatable bonds is 8. The molecule has 0 spiro atoms. The van der Waals surface area contributed by atoms with Gasteiger partial charge in [0.25, 0.3) is 0 Å². The first-order chi connectivity index (χ1) is 13.7. The molecule has 3 aromatic heterocycles. The first-order valence-corrected chi connectivity index (χ1v) is 10.6. The van der Waals surface area contributed by atoms with Gasteiger partial charge in [-0.05, 0) is 36.7 Å². The normalized spacial score (nSPS) is 11.2. The number of thiophene rings is 1. The van der Waals surface area contributed by atoms with Crippen molar-refractivity contribution in [3.05, 3.63) is 63.4 Å². The monoisotopic (exact) mass is 412 g/mol. The Hall–Kier alpha value is -2.52. The molecule has 0 atom stereocenters. The maximum Gasteiger partial charge on any atom is 0.248 e. The summed E-state index contributed by atoms with van der Waals surface area (Å²) in [6.45, 7) is 1.62. The number of carbonyl (C=O) groups is 1. The van der Waals surface area contributed by atoms with Crippen LogP contribution in [0.2, 0.25) is 0 Å². The minimum Gasteiger partial charge on any atom is -0.361 e. The lowest BCUT2D eigenvalue weighted by atomic mass is 10.1. The SMILES string of the molecule is O=C(Cc1ccc(-c2csc(CNCCc3c[nH]c4ccccc34)n2)s1)NO. The summed E-state index contributed by atoms with van der Waals surface area (Å²) in [6, 6.07) is 12.2. The molecule has 0 aliphatic carbocycles. The van der Waals surface area contributed by atoms with E-state index in [0.29, 0.717) is 0 Å². The standard InChI is InChI=1S/C20H20N4O2S2/c25-19(24-26)9-14-5-6-18(28-14)17-12-27-20(23-17)11-21-8-7-13-10-22-16-4-2-1-3-15(13)16/h1-6,10,12,21-22,26H,7-9,11H2,(H,24,25). The zero-order valence-corrected chi connectivity index (χ0v) is 16.7. The average molecular weight is 413 g/mol. The molecule has 0 aliphatic heterocycles. The fraction of sp³-hybridized carbons (Fsp3) is 0.200. The second kappa shape index (κ2) is 8.66. The Kier molecular flexibility index (Phi) is 5.82. The molecule has 0 aliphatic rings. The van der Waals surface area contributed by atoms with Crippen LogP contribution in [0.4, 0.5) is 0 Å². The third kappa shape index (κ3) is 4.31. The van der Waals surface area contributed by atoms with Crippen LogP contribution in [0.3, 0.4) is 0 Å². The lowest BCUT2D eigenvalue weighted by Crippen LogP contribution is -2.20. The third-order valence-corrected chi connectivity index (χ3v) is 6.40. The highest BCUT2D eigenvalue weighted by atomic mass is 32.1. The number of benzene rings is 1. The van der Waals surface area contributed by atoms with Crippen molar-refractivity contribution < 1.29 is 10.0 Å². The maximum atomic E-state index is 11.3. The number of hydrogen-bond donors (Lipinski definition) is 4. The van der Waals surface area contributed by atoms with Gasteiger partial charge in [-0.15, -0.1) is 22.7 Å². The Labute approximate surface area is 170 Å². The van der Waals surface area contributed by atoms with Gasteiger partial charge in [-0.3, -0.25) is 10.0 Å². The van der Waals surface area contributed by atoms with Crippen molar-refractivity contribution in [3.63, 3.8) is 0 Å². The van der Waals surface area contributed by atoms with Crippen LogP contribution in [0.1, 0.15) is 15.4 Å². The number of nitrogens with zero attached hydrogens (tertiary/aromatic N) is 1. The highest BCUT2D eigenvalue weighted by Crippen LogP contribution is 2.29. The Morgan fingerprint density at radius 2 is 2.11 bits per heavy atom. The number of aromatic amines is 1. The van der Waals surface area contributed by atoms with Gasteiger partial charge in [-0.2, -0.15) is 0 Å². The van der Waals surface area contributed by atoms with Crippen LogP contribution in [0.15, 0.2) is 48.0 Å². The molecule has 144 valence electrons.